The van der Waals surface area contributed by atoms with Crippen molar-refractivity contribution in [2.24, 2.45) is 0 Å². The Balaban J connectivity index is 1.68. The molecule has 1 fully saturated rings. The molecule has 1 atom stereocenters. The molecule has 0 bridgehead atoms. The molecule has 0 saturated carbocycles. The Morgan fingerprint density at radius 1 is 1.03 bits per heavy atom. The Morgan fingerprint density at radius 3 is 2.41 bits per heavy atom. The highest BCUT2D eigenvalue weighted by atomic mass is 16.5. The summed E-state index contributed by atoms with van der Waals surface area (Å²) in [6, 6.07) is 20.5. The predicted molar refractivity (Wildman–Crippen MR) is 137 cm³/mol. The van der Waals surface area contributed by atoms with Crippen molar-refractivity contribution >= 4 is 11.8 Å². The molecule has 1 aliphatic rings. The molecule has 4 rings (SSSR count). The van der Waals surface area contributed by atoms with Crippen LogP contribution in [0.2, 0.25) is 0 Å². The zero-order valence-corrected chi connectivity index (χ0v) is 20.6. The molecule has 1 aromatic heterocycles. The average molecular weight is 461 g/mol. The van der Waals surface area contributed by atoms with Crippen LogP contribution in [0.5, 0.6) is 0 Å². The fraction of sp³-hybridized carbons (Fsp3) is 0.429. The van der Waals surface area contributed by atoms with Gasteiger partial charge in [-0.25, -0.2) is 0 Å². The summed E-state index contributed by atoms with van der Waals surface area (Å²) < 4.78 is 6.01. The van der Waals surface area contributed by atoms with Crippen LogP contribution in [-0.4, -0.2) is 60.6 Å². The van der Waals surface area contributed by atoms with Crippen LogP contribution >= 0.6 is 0 Å². The van der Waals surface area contributed by atoms with Gasteiger partial charge < -0.3 is 19.2 Å². The summed E-state index contributed by atoms with van der Waals surface area (Å²) in [4.78, 5) is 19.9. The van der Waals surface area contributed by atoms with Gasteiger partial charge >= 0.3 is 0 Å². The van der Waals surface area contributed by atoms with Gasteiger partial charge in [0.1, 0.15) is 5.69 Å². The molecule has 3 aromatic rings. The Bertz CT molecular complexity index is 1050. The van der Waals surface area contributed by atoms with Crippen LogP contribution < -0.4 is 4.90 Å². The number of likely N-dealkylation sites (N-methyl/N-ethyl adjacent to an activating group) is 1. The lowest BCUT2D eigenvalue weighted by atomic mass is 10.0. The van der Waals surface area contributed by atoms with Crippen LogP contribution in [0.4, 0.5) is 5.88 Å². The van der Waals surface area contributed by atoms with Crippen LogP contribution in [0.25, 0.3) is 11.3 Å². The van der Waals surface area contributed by atoms with Crippen molar-refractivity contribution in [3.8, 4) is 11.3 Å². The van der Waals surface area contributed by atoms with Gasteiger partial charge in [0.25, 0.3) is 0 Å². The monoisotopic (exact) mass is 460 g/mol. The third-order valence-corrected chi connectivity index (χ3v) is 6.60. The zero-order valence-electron chi connectivity index (χ0n) is 20.6. The average Bonchev–Trinajstić information content (AvgIpc) is 3.26. The first-order chi connectivity index (χ1) is 16.5. The number of carbonyl (C=O) groups is 1. The van der Waals surface area contributed by atoms with Gasteiger partial charge in [0.2, 0.25) is 11.8 Å². The lowest BCUT2D eigenvalue weighted by molar-refractivity contribution is -0.131. The summed E-state index contributed by atoms with van der Waals surface area (Å²) in [5.41, 5.74) is 3.87. The standard InChI is InChI=1S/C28H36N4O2/c1-22-12-10-11-17-32(22)28-25(27(29-34-28)24-15-8-5-9-16-24)21-31(19-18-30(2)3)26(33)20-23-13-6-4-7-14-23/h4-9,13-16,22H,10-12,17-21H2,1-3H3. The van der Waals surface area contributed by atoms with Crippen molar-refractivity contribution in [2.45, 2.75) is 45.2 Å². The molecule has 1 amide bonds. The van der Waals surface area contributed by atoms with Crippen molar-refractivity contribution in [3.63, 3.8) is 0 Å². The first-order valence-corrected chi connectivity index (χ1v) is 12.3. The van der Waals surface area contributed by atoms with E-state index in [1.165, 1.54) is 6.42 Å². The van der Waals surface area contributed by atoms with Gasteiger partial charge in [0, 0.05) is 31.2 Å². The maximum atomic E-state index is 13.5. The van der Waals surface area contributed by atoms with E-state index < -0.39 is 0 Å². The van der Waals surface area contributed by atoms with Crippen LogP contribution in [0.3, 0.4) is 0 Å². The number of aromatic nitrogens is 1. The van der Waals surface area contributed by atoms with E-state index in [1.807, 2.05) is 67.5 Å². The minimum Gasteiger partial charge on any atom is -0.338 e. The lowest BCUT2D eigenvalue weighted by Gasteiger charge is -2.34. The van der Waals surface area contributed by atoms with Gasteiger partial charge in [-0.05, 0) is 45.8 Å². The van der Waals surface area contributed by atoms with E-state index in [0.717, 1.165) is 54.2 Å². The molecule has 34 heavy (non-hydrogen) atoms. The molecular weight excluding hydrogens is 424 g/mol. The van der Waals surface area contributed by atoms with Crippen LogP contribution in [0, 0.1) is 0 Å². The highest BCUT2D eigenvalue weighted by Crippen LogP contribution is 2.35. The van der Waals surface area contributed by atoms with Crippen LogP contribution in [0.15, 0.2) is 65.2 Å². The summed E-state index contributed by atoms with van der Waals surface area (Å²) in [6.45, 7) is 5.12. The zero-order chi connectivity index (χ0) is 23.9. The first-order valence-electron chi connectivity index (χ1n) is 12.3. The molecule has 1 unspecified atom stereocenters. The Hall–Kier alpha value is -3.12. The second-order valence-corrected chi connectivity index (χ2v) is 9.50. The molecule has 0 aliphatic carbocycles. The topological polar surface area (TPSA) is 52.8 Å². The molecule has 0 spiro atoms. The Labute approximate surface area is 203 Å². The van der Waals surface area contributed by atoms with E-state index in [0.29, 0.717) is 25.6 Å². The van der Waals surface area contributed by atoms with Gasteiger partial charge in [-0.15, -0.1) is 0 Å². The van der Waals surface area contributed by atoms with Gasteiger partial charge in [-0.2, -0.15) is 0 Å². The summed E-state index contributed by atoms with van der Waals surface area (Å²) in [5, 5.41) is 4.52. The molecular formula is C28H36N4O2. The third kappa shape index (κ3) is 5.86. The molecule has 0 N–H and O–H groups in total. The summed E-state index contributed by atoms with van der Waals surface area (Å²) in [6.07, 6.45) is 3.90. The molecule has 6 nitrogen and oxygen atoms in total. The quantitative estimate of drug-likeness (QED) is 0.457. The number of anilines is 1. The number of piperidine rings is 1. The summed E-state index contributed by atoms with van der Waals surface area (Å²) >= 11 is 0. The molecule has 1 saturated heterocycles. The fourth-order valence-corrected chi connectivity index (χ4v) is 4.58. The molecule has 2 heterocycles. The number of amides is 1. The molecule has 180 valence electrons. The molecule has 6 heteroatoms. The molecule has 1 aliphatic heterocycles. The second-order valence-electron chi connectivity index (χ2n) is 9.50. The largest absolute Gasteiger partial charge is 0.338 e. The number of nitrogens with zero attached hydrogens (tertiary/aromatic N) is 4. The van der Waals surface area contributed by atoms with Crippen LogP contribution in [-0.2, 0) is 17.8 Å². The Kier molecular flexibility index (Phi) is 8.01. The Morgan fingerprint density at radius 2 is 1.74 bits per heavy atom. The van der Waals surface area contributed by atoms with E-state index in [4.69, 9.17) is 4.52 Å². The van der Waals surface area contributed by atoms with E-state index in [1.54, 1.807) is 0 Å². The minimum absolute atomic E-state index is 0.117. The lowest BCUT2D eigenvalue weighted by Crippen LogP contribution is -2.40. The van der Waals surface area contributed by atoms with Crippen molar-refractivity contribution in [1.29, 1.82) is 0 Å². The summed E-state index contributed by atoms with van der Waals surface area (Å²) in [5.74, 6) is 0.930. The maximum absolute atomic E-state index is 13.5. The van der Waals surface area contributed by atoms with E-state index in [-0.39, 0.29) is 5.91 Å². The van der Waals surface area contributed by atoms with Gasteiger partial charge in [0.05, 0.1) is 18.5 Å². The van der Waals surface area contributed by atoms with Crippen molar-refractivity contribution in [2.75, 3.05) is 38.6 Å². The summed E-state index contributed by atoms with van der Waals surface area (Å²) in [7, 11) is 4.07. The molecule has 2 aromatic carbocycles. The predicted octanol–water partition coefficient (Wildman–Crippen LogP) is 4.85. The van der Waals surface area contributed by atoms with E-state index in [2.05, 4.69) is 34.0 Å². The first kappa shape index (κ1) is 24.0. The highest BCUT2D eigenvalue weighted by molar-refractivity contribution is 5.79. The van der Waals surface area contributed by atoms with Crippen molar-refractivity contribution in [1.82, 2.24) is 15.0 Å². The minimum atomic E-state index is 0.117. The third-order valence-electron chi connectivity index (χ3n) is 6.60. The van der Waals surface area contributed by atoms with Gasteiger partial charge in [-0.3, -0.25) is 4.79 Å². The van der Waals surface area contributed by atoms with Gasteiger partial charge in [0.15, 0.2) is 0 Å². The van der Waals surface area contributed by atoms with Crippen molar-refractivity contribution < 1.29 is 9.32 Å². The SMILES string of the molecule is CC1CCCCN1c1onc(-c2ccccc2)c1CN(CCN(C)C)C(=O)Cc1ccccc1. The second kappa shape index (κ2) is 11.3. The van der Waals surface area contributed by atoms with Gasteiger partial charge in [-0.1, -0.05) is 65.8 Å². The smallest absolute Gasteiger partial charge is 0.233 e. The van der Waals surface area contributed by atoms with E-state index >= 15 is 0 Å². The van der Waals surface area contributed by atoms with E-state index in [9.17, 15) is 4.79 Å². The number of rotatable bonds is 9. The van der Waals surface area contributed by atoms with Crippen molar-refractivity contribution in [3.05, 3.63) is 71.8 Å². The maximum Gasteiger partial charge on any atom is 0.233 e. The molecule has 0 radical (unpaired) electrons. The fourth-order valence-electron chi connectivity index (χ4n) is 4.58. The van der Waals surface area contributed by atoms with Crippen LogP contribution in [0.1, 0.15) is 37.3 Å². The highest BCUT2D eigenvalue weighted by Gasteiger charge is 2.29. The number of carbonyl (C=O) groups excluding carboxylic acids is 1. The normalized spacial score (nSPS) is 16.1. The number of benzene rings is 2. The number of hydrogen-bond donors (Lipinski definition) is 0. The number of hydrogen-bond acceptors (Lipinski definition) is 5.